The molecule has 0 radical (unpaired) electrons. The first kappa shape index (κ1) is 22.5. The van der Waals surface area contributed by atoms with Crippen LogP contribution in [0.15, 0.2) is 95.6 Å². The fourth-order valence-electron chi connectivity index (χ4n) is 3.36. The van der Waals surface area contributed by atoms with Crippen molar-refractivity contribution < 1.29 is 14.0 Å². The van der Waals surface area contributed by atoms with Crippen molar-refractivity contribution >= 4 is 46.2 Å². The largest absolute Gasteiger partial charge is 0.315 e. The van der Waals surface area contributed by atoms with E-state index in [0.29, 0.717) is 10.9 Å². The van der Waals surface area contributed by atoms with Crippen LogP contribution in [-0.4, -0.2) is 29.3 Å². The van der Waals surface area contributed by atoms with Crippen LogP contribution in [0.25, 0.3) is 6.08 Å². The van der Waals surface area contributed by atoms with Crippen LogP contribution in [0, 0.1) is 5.82 Å². The smallest absolute Gasteiger partial charge is 0.283 e. The summed E-state index contributed by atoms with van der Waals surface area (Å²) in [6, 6.07) is 24.4. The van der Waals surface area contributed by atoms with Gasteiger partial charge in [0.2, 0.25) is 5.91 Å². The Morgan fingerprint density at radius 2 is 1.61 bits per heavy atom. The molecule has 0 fully saturated rings. The summed E-state index contributed by atoms with van der Waals surface area (Å²) in [5, 5.41) is -0.142. The van der Waals surface area contributed by atoms with Gasteiger partial charge in [-0.25, -0.2) is 9.38 Å². The number of anilines is 2. The van der Waals surface area contributed by atoms with Crippen molar-refractivity contribution in [2.24, 2.45) is 4.99 Å². The Morgan fingerprint density at radius 3 is 2.24 bits per heavy atom. The third-order valence-electron chi connectivity index (χ3n) is 5.12. The molecule has 4 rings (SSSR count). The lowest BCUT2D eigenvalue weighted by Crippen LogP contribution is -2.36. The molecule has 0 saturated carbocycles. The summed E-state index contributed by atoms with van der Waals surface area (Å²) in [6.45, 7) is 1.78. The zero-order valence-corrected chi connectivity index (χ0v) is 19.0. The van der Waals surface area contributed by atoms with Crippen molar-refractivity contribution in [3.05, 3.63) is 102 Å². The van der Waals surface area contributed by atoms with E-state index in [-0.39, 0.29) is 17.5 Å². The van der Waals surface area contributed by atoms with Crippen molar-refractivity contribution in [3.63, 3.8) is 0 Å². The topological polar surface area (TPSA) is 53.0 Å². The van der Waals surface area contributed by atoms with Gasteiger partial charge in [0.15, 0.2) is 5.17 Å². The third kappa shape index (κ3) is 5.04. The first-order chi connectivity index (χ1) is 15.9. The van der Waals surface area contributed by atoms with E-state index in [2.05, 4.69) is 4.99 Å². The molecule has 0 spiro atoms. The lowest BCUT2D eigenvalue weighted by atomic mass is 10.2. The second-order valence-electron chi connectivity index (χ2n) is 7.44. The number of carbonyl (C=O) groups excluding carboxylic acids is 2. The minimum Gasteiger partial charge on any atom is -0.315 e. The lowest BCUT2D eigenvalue weighted by molar-refractivity contribution is -0.117. The highest BCUT2D eigenvalue weighted by Crippen LogP contribution is 2.32. The Kier molecular flexibility index (Phi) is 6.70. The molecule has 2 amide bonds. The van der Waals surface area contributed by atoms with E-state index in [1.165, 1.54) is 40.9 Å². The van der Waals surface area contributed by atoms with Gasteiger partial charge in [-0.05, 0) is 55.0 Å². The number of benzene rings is 3. The first-order valence-electron chi connectivity index (χ1n) is 10.4. The fraction of sp³-hybridized carbons (Fsp3) is 0.115. The SMILES string of the molecule is CC(SC1=N/C(=C\c2ccccc2)C(=O)N1c1ccc(F)cc1)C(=O)N(C)c1ccccc1. The normalized spacial score (nSPS) is 15.5. The minimum atomic E-state index is -0.513. The third-order valence-corrected chi connectivity index (χ3v) is 6.16. The number of amidine groups is 1. The van der Waals surface area contributed by atoms with Crippen LogP contribution < -0.4 is 9.80 Å². The van der Waals surface area contributed by atoms with E-state index in [1.54, 1.807) is 24.9 Å². The molecule has 0 aliphatic carbocycles. The van der Waals surface area contributed by atoms with Crippen LogP contribution in [0.2, 0.25) is 0 Å². The lowest BCUT2D eigenvalue weighted by Gasteiger charge is -2.23. The summed E-state index contributed by atoms with van der Waals surface area (Å²) < 4.78 is 13.5. The van der Waals surface area contributed by atoms with Crippen LogP contribution in [0.4, 0.5) is 15.8 Å². The summed E-state index contributed by atoms with van der Waals surface area (Å²) >= 11 is 1.19. The number of rotatable bonds is 5. The van der Waals surface area contributed by atoms with Crippen LogP contribution in [-0.2, 0) is 9.59 Å². The Labute approximate surface area is 196 Å². The van der Waals surface area contributed by atoms with Crippen molar-refractivity contribution in [1.82, 2.24) is 0 Å². The molecule has 1 heterocycles. The molecule has 0 saturated heterocycles. The van der Waals surface area contributed by atoms with Crippen LogP contribution in [0.3, 0.4) is 0 Å². The average Bonchev–Trinajstić information content (AvgIpc) is 3.14. The summed E-state index contributed by atoms with van der Waals surface area (Å²) in [4.78, 5) is 33.9. The van der Waals surface area contributed by atoms with Crippen molar-refractivity contribution in [3.8, 4) is 0 Å². The van der Waals surface area contributed by atoms with Crippen LogP contribution in [0.5, 0.6) is 0 Å². The molecule has 5 nitrogen and oxygen atoms in total. The molecule has 1 aliphatic heterocycles. The number of hydrogen-bond donors (Lipinski definition) is 0. The van der Waals surface area contributed by atoms with Gasteiger partial charge in [0.05, 0.1) is 10.9 Å². The summed E-state index contributed by atoms with van der Waals surface area (Å²) in [5.41, 5.74) is 2.35. The fourth-order valence-corrected chi connectivity index (χ4v) is 4.38. The molecular weight excluding hydrogens is 437 g/mol. The summed E-state index contributed by atoms with van der Waals surface area (Å²) in [7, 11) is 1.72. The molecule has 0 aromatic heterocycles. The molecule has 1 aliphatic rings. The highest BCUT2D eigenvalue weighted by atomic mass is 32.2. The van der Waals surface area contributed by atoms with E-state index in [9.17, 15) is 14.0 Å². The number of halogens is 1. The molecule has 33 heavy (non-hydrogen) atoms. The number of aliphatic imine (C=N–C) groups is 1. The molecule has 7 heteroatoms. The van der Waals surface area contributed by atoms with Crippen molar-refractivity contribution in [1.29, 1.82) is 0 Å². The van der Waals surface area contributed by atoms with Gasteiger partial charge in [-0.3, -0.25) is 14.5 Å². The van der Waals surface area contributed by atoms with Crippen LogP contribution in [0.1, 0.15) is 12.5 Å². The summed E-state index contributed by atoms with van der Waals surface area (Å²) in [6.07, 6.45) is 1.70. The molecule has 3 aromatic carbocycles. The molecule has 0 bridgehead atoms. The maximum atomic E-state index is 13.5. The Hall–Kier alpha value is -3.71. The predicted molar refractivity (Wildman–Crippen MR) is 133 cm³/mol. The first-order valence-corrected chi connectivity index (χ1v) is 11.3. The number of nitrogens with zero attached hydrogens (tertiary/aromatic N) is 3. The van der Waals surface area contributed by atoms with Crippen molar-refractivity contribution in [2.75, 3.05) is 16.8 Å². The Morgan fingerprint density at radius 1 is 1.00 bits per heavy atom. The highest BCUT2D eigenvalue weighted by molar-refractivity contribution is 8.15. The number of carbonyl (C=O) groups is 2. The predicted octanol–water partition coefficient (Wildman–Crippen LogP) is 5.35. The second-order valence-corrected chi connectivity index (χ2v) is 8.75. The van der Waals surface area contributed by atoms with E-state index >= 15 is 0 Å². The molecule has 3 aromatic rings. The molecule has 166 valence electrons. The zero-order valence-electron chi connectivity index (χ0n) is 18.2. The van der Waals surface area contributed by atoms with E-state index in [1.807, 2.05) is 60.7 Å². The van der Waals surface area contributed by atoms with Gasteiger partial charge in [-0.1, -0.05) is 60.3 Å². The van der Waals surface area contributed by atoms with E-state index in [4.69, 9.17) is 0 Å². The van der Waals surface area contributed by atoms with Gasteiger partial charge in [0, 0.05) is 12.7 Å². The maximum absolute atomic E-state index is 13.5. The molecule has 1 unspecified atom stereocenters. The maximum Gasteiger partial charge on any atom is 0.283 e. The molecule has 0 N–H and O–H groups in total. The quantitative estimate of drug-likeness (QED) is 0.483. The highest BCUT2D eigenvalue weighted by Gasteiger charge is 2.34. The van der Waals surface area contributed by atoms with E-state index < -0.39 is 11.1 Å². The average molecular weight is 460 g/mol. The van der Waals surface area contributed by atoms with Gasteiger partial charge >= 0.3 is 0 Å². The standard InChI is InChI=1S/C26H22FN3O2S/c1-18(24(31)29(2)21-11-7-4-8-12-21)33-26-28-23(17-19-9-5-3-6-10-19)25(32)30(26)22-15-13-20(27)14-16-22/h3-18H,1-2H3/b23-17-. The van der Waals surface area contributed by atoms with Gasteiger partial charge < -0.3 is 4.90 Å². The second kappa shape index (κ2) is 9.83. The van der Waals surface area contributed by atoms with Gasteiger partial charge in [0.1, 0.15) is 11.5 Å². The Bertz CT molecular complexity index is 1210. The minimum absolute atomic E-state index is 0.124. The van der Waals surface area contributed by atoms with Gasteiger partial charge in [-0.15, -0.1) is 0 Å². The number of para-hydroxylation sites is 1. The zero-order chi connectivity index (χ0) is 23.4. The number of hydrogen-bond acceptors (Lipinski definition) is 4. The van der Waals surface area contributed by atoms with Crippen molar-refractivity contribution in [2.45, 2.75) is 12.2 Å². The summed E-state index contributed by atoms with van der Waals surface area (Å²) in [5.74, 6) is -0.852. The monoisotopic (exact) mass is 459 g/mol. The molecule has 1 atom stereocenters. The number of thioether (sulfide) groups is 1. The van der Waals surface area contributed by atoms with E-state index in [0.717, 1.165) is 11.3 Å². The van der Waals surface area contributed by atoms with Gasteiger partial charge in [-0.2, -0.15) is 0 Å². The molecular formula is C26H22FN3O2S. The van der Waals surface area contributed by atoms with Crippen LogP contribution >= 0.6 is 11.8 Å². The Balaban J connectivity index is 1.63. The van der Waals surface area contributed by atoms with Gasteiger partial charge in [0.25, 0.3) is 5.91 Å². The number of amides is 2.